The molecule has 0 radical (unpaired) electrons. The smallest absolute Gasteiger partial charge is 0.355 e. The summed E-state index contributed by atoms with van der Waals surface area (Å²) < 4.78 is 5.76. The highest BCUT2D eigenvalue weighted by Crippen LogP contribution is 2.19. The fraction of sp³-hybridized carbons (Fsp3) is 0.312. The Labute approximate surface area is 138 Å². The quantitative estimate of drug-likeness (QED) is 0.812. The first-order valence-corrected chi connectivity index (χ1v) is 8.07. The number of aromatic nitrogens is 1. The van der Waals surface area contributed by atoms with Crippen LogP contribution in [0.15, 0.2) is 29.6 Å². The van der Waals surface area contributed by atoms with Crippen LogP contribution in [-0.4, -0.2) is 28.1 Å². The molecule has 0 bridgehead atoms. The van der Waals surface area contributed by atoms with Crippen molar-refractivity contribution >= 4 is 23.2 Å². The highest BCUT2D eigenvalue weighted by atomic mass is 32.1. The van der Waals surface area contributed by atoms with Gasteiger partial charge in [0.1, 0.15) is 10.8 Å². The molecule has 0 fully saturated rings. The lowest BCUT2D eigenvalue weighted by molar-refractivity contribution is -0.128. The predicted molar refractivity (Wildman–Crippen MR) is 86.8 cm³/mol. The second-order valence-electron chi connectivity index (χ2n) is 4.93. The maximum atomic E-state index is 12.2. The van der Waals surface area contributed by atoms with E-state index in [0.717, 1.165) is 5.56 Å². The van der Waals surface area contributed by atoms with Crippen LogP contribution >= 0.6 is 11.3 Å². The maximum absolute atomic E-state index is 12.2. The van der Waals surface area contributed by atoms with Gasteiger partial charge in [-0.2, -0.15) is 0 Å². The van der Waals surface area contributed by atoms with Gasteiger partial charge in [-0.25, -0.2) is 9.78 Å². The average molecular weight is 334 g/mol. The number of nitrogens with zero attached hydrogens (tertiary/aromatic N) is 1. The molecule has 1 aromatic heterocycles. The zero-order chi connectivity index (χ0) is 16.8. The van der Waals surface area contributed by atoms with Gasteiger partial charge in [0.15, 0.2) is 11.8 Å². The number of carboxylic acid groups (broad SMARTS) is 1. The lowest BCUT2D eigenvalue weighted by atomic mass is 10.2. The molecule has 0 aliphatic carbocycles. The average Bonchev–Trinajstić information content (AvgIpc) is 3.01. The van der Waals surface area contributed by atoms with Crippen molar-refractivity contribution in [1.29, 1.82) is 0 Å². The van der Waals surface area contributed by atoms with Crippen LogP contribution in [0.25, 0.3) is 0 Å². The molecule has 2 rings (SSSR count). The maximum Gasteiger partial charge on any atom is 0.355 e. The summed E-state index contributed by atoms with van der Waals surface area (Å²) in [6, 6.07) is 7.51. The van der Waals surface area contributed by atoms with Gasteiger partial charge in [-0.05, 0) is 25.0 Å². The van der Waals surface area contributed by atoms with Crippen LogP contribution in [0.1, 0.15) is 34.4 Å². The third-order valence-corrected chi connectivity index (χ3v) is 4.06. The van der Waals surface area contributed by atoms with Gasteiger partial charge in [-0.1, -0.05) is 25.1 Å². The Hall–Kier alpha value is -2.41. The number of benzene rings is 1. The molecule has 2 aromatic rings. The standard InChI is InChI=1S/C16H18N2O4S/c1-3-12(22-13-7-5-4-6-10(13)2)15(19)17-8-14-18-11(9-23-14)16(20)21/h4-7,9,12H,3,8H2,1-2H3,(H,17,19)(H,20,21). The van der Waals surface area contributed by atoms with Crippen molar-refractivity contribution in [2.24, 2.45) is 0 Å². The molecule has 0 aliphatic rings. The van der Waals surface area contributed by atoms with Gasteiger partial charge in [0, 0.05) is 5.38 Å². The van der Waals surface area contributed by atoms with Gasteiger partial charge in [0.05, 0.1) is 6.54 Å². The predicted octanol–water partition coefficient (Wildman–Crippen LogP) is 2.62. The summed E-state index contributed by atoms with van der Waals surface area (Å²) in [5.74, 6) is -0.645. The molecule has 0 saturated carbocycles. The summed E-state index contributed by atoms with van der Waals surface area (Å²) in [6.45, 7) is 3.97. The molecule has 6 nitrogen and oxygen atoms in total. The Balaban J connectivity index is 1.94. The SMILES string of the molecule is CCC(Oc1ccccc1C)C(=O)NCc1nc(C(=O)O)cs1. The number of hydrogen-bond acceptors (Lipinski definition) is 5. The van der Waals surface area contributed by atoms with E-state index in [0.29, 0.717) is 17.2 Å². The summed E-state index contributed by atoms with van der Waals surface area (Å²) in [6.07, 6.45) is -0.0756. The lowest BCUT2D eigenvalue weighted by Gasteiger charge is -2.18. The number of aryl methyl sites for hydroxylation is 1. The number of thiazole rings is 1. The Bertz CT molecular complexity index is 699. The number of nitrogens with one attached hydrogen (secondary N) is 1. The summed E-state index contributed by atoms with van der Waals surface area (Å²) in [5, 5.41) is 13.6. The minimum Gasteiger partial charge on any atom is -0.480 e. The van der Waals surface area contributed by atoms with Crippen LogP contribution in [0.2, 0.25) is 0 Å². The summed E-state index contributed by atoms with van der Waals surface area (Å²) in [7, 11) is 0. The largest absolute Gasteiger partial charge is 0.480 e. The first-order chi connectivity index (χ1) is 11.0. The molecule has 1 aromatic carbocycles. The highest BCUT2D eigenvalue weighted by Gasteiger charge is 2.19. The van der Waals surface area contributed by atoms with Crippen molar-refractivity contribution in [3.8, 4) is 5.75 Å². The molecule has 23 heavy (non-hydrogen) atoms. The van der Waals surface area contributed by atoms with Crippen molar-refractivity contribution < 1.29 is 19.4 Å². The van der Waals surface area contributed by atoms with Gasteiger partial charge in [-0.15, -0.1) is 11.3 Å². The molecule has 2 N–H and O–H groups in total. The molecular formula is C16H18N2O4S. The number of para-hydroxylation sites is 1. The van der Waals surface area contributed by atoms with Crippen molar-refractivity contribution in [2.45, 2.75) is 32.9 Å². The number of ether oxygens (including phenoxy) is 1. The third kappa shape index (κ3) is 4.53. The van der Waals surface area contributed by atoms with E-state index in [1.165, 1.54) is 16.7 Å². The molecule has 7 heteroatoms. The van der Waals surface area contributed by atoms with Crippen LogP contribution in [0.3, 0.4) is 0 Å². The van der Waals surface area contributed by atoms with Crippen LogP contribution in [0.4, 0.5) is 0 Å². The van der Waals surface area contributed by atoms with Gasteiger partial charge >= 0.3 is 5.97 Å². The monoisotopic (exact) mass is 334 g/mol. The Kier molecular flexibility index (Phi) is 5.70. The summed E-state index contributed by atoms with van der Waals surface area (Å²) in [5.41, 5.74) is 0.951. The summed E-state index contributed by atoms with van der Waals surface area (Å²) >= 11 is 1.20. The van der Waals surface area contributed by atoms with Crippen molar-refractivity contribution in [3.05, 3.63) is 45.9 Å². The minimum atomic E-state index is -1.08. The first-order valence-electron chi connectivity index (χ1n) is 7.19. The lowest BCUT2D eigenvalue weighted by Crippen LogP contribution is -2.37. The van der Waals surface area contributed by atoms with E-state index < -0.39 is 12.1 Å². The second kappa shape index (κ2) is 7.73. The van der Waals surface area contributed by atoms with E-state index in [9.17, 15) is 9.59 Å². The Morgan fingerprint density at radius 1 is 1.39 bits per heavy atom. The van der Waals surface area contributed by atoms with Crippen LogP contribution in [-0.2, 0) is 11.3 Å². The molecule has 122 valence electrons. The molecule has 0 spiro atoms. The van der Waals surface area contributed by atoms with E-state index in [2.05, 4.69) is 10.3 Å². The van der Waals surface area contributed by atoms with Gasteiger partial charge in [-0.3, -0.25) is 4.79 Å². The van der Waals surface area contributed by atoms with Crippen LogP contribution in [0, 0.1) is 6.92 Å². The topological polar surface area (TPSA) is 88.5 Å². The van der Waals surface area contributed by atoms with E-state index in [4.69, 9.17) is 9.84 Å². The van der Waals surface area contributed by atoms with Crippen molar-refractivity contribution in [3.63, 3.8) is 0 Å². The second-order valence-corrected chi connectivity index (χ2v) is 5.87. The molecule has 0 aliphatic heterocycles. The number of rotatable bonds is 7. The molecule has 1 unspecified atom stereocenters. The molecular weight excluding hydrogens is 316 g/mol. The normalized spacial score (nSPS) is 11.7. The van der Waals surface area contributed by atoms with Gasteiger partial charge in [0.2, 0.25) is 0 Å². The number of carbonyl (C=O) groups excluding carboxylic acids is 1. The van der Waals surface area contributed by atoms with Crippen molar-refractivity contribution in [2.75, 3.05) is 0 Å². The van der Waals surface area contributed by atoms with Gasteiger partial charge in [0.25, 0.3) is 5.91 Å². The molecule has 1 amide bonds. The third-order valence-electron chi connectivity index (χ3n) is 3.21. The van der Waals surface area contributed by atoms with E-state index >= 15 is 0 Å². The van der Waals surface area contributed by atoms with Gasteiger partial charge < -0.3 is 15.2 Å². The summed E-state index contributed by atoms with van der Waals surface area (Å²) in [4.78, 5) is 26.9. The number of aromatic carboxylic acids is 1. The van der Waals surface area contributed by atoms with E-state index in [1.54, 1.807) is 0 Å². The fourth-order valence-electron chi connectivity index (χ4n) is 1.93. The zero-order valence-electron chi connectivity index (χ0n) is 12.9. The Morgan fingerprint density at radius 3 is 2.74 bits per heavy atom. The number of carboxylic acids is 1. The minimum absolute atomic E-state index is 0.0116. The fourth-order valence-corrected chi connectivity index (χ4v) is 2.64. The van der Waals surface area contributed by atoms with E-state index in [1.807, 2.05) is 38.1 Å². The number of amides is 1. The first kappa shape index (κ1) is 17.0. The number of carbonyl (C=O) groups is 2. The highest BCUT2D eigenvalue weighted by molar-refractivity contribution is 7.09. The Morgan fingerprint density at radius 2 is 2.13 bits per heavy atom. The van der Waals surface area contributed by atoms with Crippen LogP contribution in [0.5, 0.6) is 5.75 Å². The van der Waals surface area contributed by atoms with Crippen molar-refractivity contribution in [1.82, 2.24) is 10.3 Å². The van der Waals surface area contributed by atoms with E-state index in [-0.39, 0.29) is 18.1 Å². The molecule has 0 saturated heterocycles. The van der Waals surface area contributed by atoms with Crippen LogP contribution < -0.4 is 10.1 Å². The number of hydrogen-bond donors (Lipinski definition) is 2. The molecule has 1 heterocycles. The zero-order valence-corrected chi connectivity index (χ0v) is 13.7. The molecule has 1 atom stereocenters.